The van der Waals surface area contributed by atoms with Crippen molar-refractivity contribution in [2.75, 3.05) is 14.2 Å². The molecule has 0 bridgehead atoms. The fourth-order valence-electron chi connectivity index (χ4n) is 3.45. The predicted molar refractivity (Wildman–Crippen MR) is 80.2 cm³/mol. The van der Waals surface area contributed by atoms with Gasteiger partial charge in [0.15, 0.2) is 0 Å². The SMILES string of the molecule is CCC1CCCCC1C(O)c1ccc(OC)cc1OC. The number of ether oxygens (including phenoxy) is 2. The molecule has 1 aliphatic carbocycles. The van der Waals surface area contributed by atoms with E-state index in [1.165, 1.54) is 19.3 Å². The second kappa shape index (κ2) is 6.98. The Kier molecular flexibility index (Phi) is 5.30. The lowest BCUT2D eigenvalue weighted by molar-refractivity contribution is 0.0434. The first-order valence-electron chi connectivity index (χ1n) is 7.61. The van der Waals surface area contributed by atoms with E-state index in [9.17, 15) is 5.11 Å². The molecule has 3 heteroatoms. The second-order valence-corrected chi connectivity index (χ2v) is 5.67. The Bertz CT molecular complexity index is 430. The highest BCUT2D eigenvalue weighted by molar-refractivity contribution is 5.42. The Morgan fingerprint density at radius 2 is 1.95 bits per heavy atom. The number of hydrogen-bond donors (Lipinski definition) is 1. The zero-order chi connectivity index (χ0) is 14.5. The minimum Gasteiger partial charge on any atom is -0.497 e. The van der Waals surface area contributed by atoms with Gasteiger partial charge in [-0.1, -0.05) is 32.6 Å². The lowest BCUT2D eigenvalue weighted by Crippen LogP contribution is -2.25. The number of methoxy groups -OCH3 is 2. The Labute approximate surface area is 121 Å². The smallest absolute Gasteiger partial charge is 0.128 e. The van der Waals surface area contributed by atoms with Crippen LogP contribution in [-0.4, -0.2) is 19.3 Å². The van der Waals surface area contributed by atoms with E-state index in [2.05, 4.69) is 6.92 Å². The van der Waals surface area contributed by atoms with E-state index in [1.807, 2.05) is 18.2 Å². The lowest BCUT2D eigenvalue weighted by Gasteiger charge is -2.35. The molecule has 0 aliphatic heterocycles. The molecule has 2 rings (SSSR count). The fraction of sp³-hybridized carbons (Fsp3) is 0.647. The summed E-state index contributed by atoms with van der Waals surface area (Å²) in [4.78, 5) is 0. The number of benzene rings is 1. The average molecular weight is 278 g/mol. The lowest BCUT2D eigenvalue weighted by atomic mass is 9.73. The highest BCUT2D eigenvalue weighted by Gasteiger charge is 2.32. The maximum Gasteiger partial charge on any atom is 0.128 e. The van der Waals surface area contributed by atoms with Gasteiger partial charge in [-0.3, -0.25) is 0 Å². The van der Waals surface area contributed by atoms with Gasteiger partial charge in [0.1, 0.15) is 11.5 Å². The van der Waals surface area contributed by atoms with Crippen LogP contribution in [0.3, 0.4) is 0 Å². The average Bonchev–Trinajstić information content (AvgIpc) is 2.53. The Hall–Kier alpha value is -1.22. The van der Waals surface area contributed by atoms with E-state index in [-0.39, 0.29) is 0 Å². The molecule has 1 aliphatic rings. The van der Waals surface area contributed by atoms with Gasteiger partial charge in [-0.05, 0) is 30.4 Å². The monoisotopic (exact) mass is 278 g/mol. The number of rotatable bonds is 5. The minimum atomic E-state index is -0.443. The van der Waals surface area contributed by atoms with Crippen LogP contribution in [0.15, 0.2) is 18.2 Å². The molecule has 112 valence electrons. The van der Waals surface area contributed by atoms with Crippen molar-refractivity contribution in [2.45, 2.75) is 45.1 Å². The van der Waals surface area contributed by atoms with Crippen molar-refractivity contribution < 1.29 is 14.6 Å². The molecule has 1 saturated carbocycles. The molecule has 1 N–H and O–H groups in total. The van der Waals surface area contributed by atoms with Gasteiger partial charge in [0.05, 0.1) is 20.3 Å². The summed E-state index contributed by atoms with van der Waals surface area (Å²) >= 11 is 0. The molecule has 0 spiro atoms. The Balaban J connectivity index is 2.25. The van der Waals surface area contributed by atoms with Gasteiger partial charge in [0.25, 0.3) is 0 Å². The van der Waals surface area contributed by atoms with E-state index in [1.54, 1.807) is 14.2 Å². The molecule has 0 saturated heterocycles. The molecule has 0 radical (unpaired) electrons. The quantitative estimate of drug-likeness (QED) is 0.886. The van der Waals surface area contributed by atoms with E-state index in [0.29, 0.717) is 11.8 Å². The van der Waals surface area contributed by atoms with Crippen LogP contribution in [0.4, 0.5) is 0 Å². The number of hydrogen-bond acceptors (Lipinski definition) is 3. The maximum absolute atomic E-state index is 10.8. The number of aliphatic hydroxyl groups excluding tert-OH is 1. The Morgan fingerprint density at radius 3 is 2.60 bits per heavy atom. The molecule has 20 heavy (non-hydrogen) atoms. The van der Waals surface area contributed by atoms with Crippen molar-refractivity contribution in [1.82, 2.24) is 0 Å². The molecule has 3 nitrogen and oxygen atoms in total. The van der Waals surface area contributed by atoms with Crippen LogP contribution in [0.5, 0.6) is 11.5 Å². The third-order valence-corrected chi connectivity index (χ3v) is 4.66. The summed E-state index contributed by atoms with van der Waals surface area (Å²) in [6.07, 6.45) is 5.55. The summed E-state index contributed by atoms with van der Waals surface area (Å²) in [7, 11) is 3.28. The van der Waals surface area contributed by atoms with Gasteiger partial charge in [-0.15, -0.1) is 0 Å². The van der Waals surface area contributed by atoms with Crippen molar-refractivity contribution in [3.05, 3.63) is 23.8 Å². The second-order valence-electron chi connectivity index (χ2n) is 5.67. The van der Waals surface area contributed by atoms with Gasteiger partial charge in [-0.2, -0.15) is 0 Å². The normalized spacial score (nSPS) is 24.2. The molecular formula is C17H26O3. The van der Waals surface area contributed by atoms with E-state index in [0.717, 1.165) is 29.9 Å². The molecule has 1 fully saturated rings. The van der Waals surface area contributed by atoms with Crippen LogP contribution < -0.4 is 9.47 Å². The first kappa shape index (κ1) is 15.2. The van der Waals surface area contributed by atoms with Gasteiger partial charge >= 0.3 is 0 Å². The van der Waals surface area contributed by atoms with Crippen molar-refractivity contribution in [2.24, 2.45) is 11.8 Å². The topological polar surface area (TPSA) is 38.7 Å². The van der Waals surface area contributed by atoms with Gasteiger partial charge in [-0.25, -0.2) is 0 Å². The van der Waals surface area contributed by atoms with Crippen LogP contribution >= 0.6 is 0 Å². The van der Waals surface area contributed by atoms with E-state index in [4.69, 9.17) is 9.47 Å². The van der Waals surface area contributed by atoms with Crippen LogP contribution in [-0.2, 0) is 0 Å². The largest absolute Gasteiger partial charge is 0.497 e. The van der Waals surface area contributed by atoms with Crippen LogP contribution in [0.1, 0.15) is 50.7 Å². The zero-order valence-corrected chi connectivity index (χ0v) is 12.8. The predicted octanol–water partition coefficient (Wildman–Crippen LogP) is 3.95. The molecule has 0 heterocycles. The molecule has 1 aromatic carbocycles. The van der Waals surface area contributed by atoms with Crippen molar-refractivity contribution in [3.63, 3.8) is 0 Å². The summed E-state index contributed by atoms with van der Waals surface area (Å²) in [6.45, 7) is 2.22. The highest BCUT2D eigenvalue weighted by Crippen LogP contribution is 2.43. The third kappa shape index (κ3) is 3.09. The first-order valence-corrected chi connectivity index (χ1v) is 7.61. The van der Waals surface area contributed by atoms with Gasteiger partial charge in [0, 0.05) is 11.6 Å². The van der Waals surface area contributed by atoms with Crippen molar-refractivity contribution >= 4 is 0 Å². The highest BCUT2D eigenvalue weighted by atomic mass is 16.5. The van der Waals surface area contributed by atoms with E-state index < -0.39 is 6.10 Å². The maximum atomic E-state index is 10.8. The fourth-order valence-corrected chi connectivity index (χ4v) is 3.45. The molecule has 3 atom stereocenters. The van der Waals surface area contributed by atoms with Crippen LogP contribution in [0.25, 0.3) is 0 Å². The summed E-state index contributed by atoms with van der Waals surface area (Å²) < 4.78 is 10.6. The molecule has 0 aromatic heterocycles. The number of aliphatic hydroxyl groups is 1. The van der Waals surface area contributed by atoms with Gasteiger partial charge < -0.3 is 14.6 Å². The van der Waals surface area contributed by atoms with E-state index >= 15 is 0 Å². The zero-order valence-electron chi connectivity index (χ0n) is 12.8. The summed E-state index contributed by atoms with van der Waals surface area (Å²) in [5.41, 5.74) is 0.888. The summed E-state index contributed by atoms with van der Waals surface area (Å²) in [6, 6.07) is 5.68. The van der Waals surface area contributed by atoms with Crippen molar-refractivity contribution in [3.8, 4) is 11.5 Å². The summed E-state index contributed by atoms with van der Waals surface area (Å²) in [5, 5.41) is 10.8. The van der Waals surface area contributed by atoms with Crippen molar-refractivity contribution in [1.29, 1.82) is 0 Å². The van der Waals surface area contributed by atoms with Gasteiger partial charge in [0.2, 0.25) is 0 Å². The third-order valence-electron chi connectivity index (χ3n) is 4.66. The molecule has 1 aromatic rings. The van der Waals surface area contributed by atoms with Crippen LogP contribution in [0, 0.1) is 11.8 Å². The first-order chi connectivity index (χ1) is 9.71. The van der Waals surface area contributed by atoms with Crippen LogP contribution in [0.2, 0.25) is 0 Å². The molecule has 3 unspecified atom stereocenters. The molecular weight excluding hydrogens is 252 g/mol. The minimum absolute atomic E-state index is 0.344. The standard InChI is InChI=1S/C17H26O3/c1-4-12-7-5-6-8-14(12)17(18)15-10-9-13(19-2)11-16(15)20-3/h9-12,14,17-18H,4-8H2,1-3H3. The summed E-state index contributed by atoms with van der Waals surface area (Å²) in [5.74, 6) is 2.44. The Morgan fingerprint density at radius 1 is 1.20 bits per heavy atom. The molecule has 0 amide bonds.